The zero-order valence-corrected chi connectivity index (χ0v) is 10.1. The Balaban J connectivity index is 3.29. The molecule has 0 aromatic heterocycles. The SMILES string of the molecule is CC(C)(C)c1cccc(S(=O)(O)=S)c1. The molecular formula is C10H14O2S2. The van der Waals surface area contributed by atoms with Crippen molar-refractivity contribution >= 4 is 20.0 Å². The number of hydrogen-bond donors (Lipinski definition) is 1. The molecule has 1 atom stereocenters. The van der Waals surface area contributed by atoms with Crippen molar-refractivity contribution in [3.05, 3.63) is 29.8 Å². The summed E-state index contributed by atoms with van der Waals surface area (Å²) in [4.78, 5) is 0.319. The highest BCUT2D eigenvalue weighted by atomic mass is 32.8. The molecule has 1 aromatic carbocycles. The normalized spacial score (nSPS) is 16.3. The average molecular weight is 230 g/mol. The lowest BCUT2D eigenvalue weighted by Crippen LogP contribution is -2.11. The maximum Gasteiger partial charge on any atom is 0.171 e. The molecule has 1 rings (SSSR count). The first-order valence-corrected chi connectivity index (χ1v) is 6.73. The Morgan fingerprint density at radius 2 is 1.93 bits per heavy atom. The monoisotopic (exact) mass is 230 g/mol. The van der Waals surface area contributed by atoms with Gasteiger partial charge in [0.15, 0.2) is 8.77 Å². The van der Waals surface area contributed by atoms with Crippen molar-refractivity contribution in [2.45, 2.75) is 31.1 Å². The standard InChI is InChI=1S/C10H14O2S2/c1-10(2,3)8-5-4-6-9(7-8)14(11,12)13/h4-7H,1-3H3,(H,11,12,13). The van der Waals surface area contributed by atoms with Gasteiger partial charge in [0.1, 0.15) is 0 Å². The summed E-state index contributed by atoms with van der Waals surface area (Å²) in [5, 5.41) is 0. The summed E-state index contributed by atoms with van der Waals surface area (Å²) in [5.41, 5.74) is 0.984. The minimum absolute atomic E-state index is 0.0317. The van der Waals surface area contributed by atoms with E-state index in [-0.39, 0.29) is 5.41 Å². The van der Waals surface area contributed by atoms with E-state index in [1.807, 2.05) is 6.07 Å². The third-order valence-corrected chi connectivity index (χ3v) is 3.42. The van der Waals surface area contributed by atoms with Crippen LogP contribution in [0.2, 0.25) is 0 Å². The molecule has 0 aliphatic rings. The first kappa shape index (κ1) is 11.6. The number of benzene rings is 1. The number of hydrogen-bond acceptors (Lipinski definition) is 2. The molecule has 0 aliphatic heterocycles. The van der Waals surface area contributed by atoms with Gasteiger partial charge in [-0.25, -0.2) is 4.21 Å². The van der Waals surface area contributed by atoms with Gasteiger partial charge < -0.3 is 4.55 Å². The largest absolute Gasteiger partial charge is 0.302 e. The molecule has 2 nitrogen and oxygen atoms in total. The molecule has 0 saturated heterocycles. The molecule has 1 aromatic rings. The van der Waals surface area contributed by atoms with Gasteiger partial charge in [-0.1, -0.05) is 32.9 Å². The van der Waals surface area contributed by atoms with Gasteiger partial charge in [-0.3, -0.25) is 0 Å². The van der Waals surface area contributed by atoms with E-state index in [1.165, 1.54) is 0 Å². The van der Waals surface area contributed by atoms with E-state index in [9.17, 15) is 8.76 Å². The second-order valence-corrected chi connectivity index (χ2v) is 7.03. The second kappa shape index (κ2) is 3.61. The van der Waals surface area contributed by atoms with Crippen LogP contribution >= 0.6 is 0 Å². The summed E-state index contributed by atoms with van der Waals surface area (Å²) in [6.07, 6.45) is 0. The van der Waals surface area contributed by atoms with Crippen molar-refractivity contribution in [1.82, 2.24) is 0 Å². The predicted molar refractivity (Wildman–Crippen MR) is 61.5 cm³/mol. The van der Waals surface area contributed by atoms with Crippen LogP contribution in [0.3, 0.4) is 0 Å². The van der Waals surface area contributed by atoms with Gasteiger partial charge >= 0.3 is 0 Å². The molecule has 0 amide bonds. The Morgan fingerprint density at radius 3 is 2.36 bits per heavy atom. The van der Waals surface area contributed by atoms with Crippen LogP contribution in [0.1, 0.15) is 26.3 Å². The Bertz CT molecular complexity index is 428. The first-order chi connectivity index (χ1) is 6.21. The Labute approximate surface area is 89.8 Å². The van der Waals surface area contributed by atoms with Crippen LogP contribution in [0.5, 0.6) is 0 Å². The van der Waals surface area contributed by atoms with E-state index in [1.54, 1.807) is 18.2 Å². The molecule has 1 N–H and O–H groups in total. The summed E-state index contributed by atoms with van der Waals surface area (Å²) in [6, 6.07) is 6.99. The fourth-order valence-electron chi connectivity index (χ4n) is 1.12. The predicted octanol–water partition coefficient (Wildman–Crippen LogP) is 2.56. The van der Waals surface area contributed by atoms with Crippen molar-refractivity contribution in [3.63, 3.8) is 0 Å². The lowest BCUT2D eigenvalue weighted by atomic mass is 9.87. The molecule has 1 unspecified atom stereocenters. The van der Waals surface area contributed by atoms with Crippen LogP contribution < -0.4 is 0 Å². The van der Waals surface area contributed by atoms with E-state index < -0.39 is 8.77 Å². The third-order valence-electron chi connectivity index (χ3n) is 2.00. The summed E-state index contributed by atoms with van der Waals surface area (Å²) in [6.45, 7) is 6.15. The van der Waals surface area contributed by atoms with Gasteiger partial charge in [-0.2, -0.15) is 0 Å². The van der Waals surface area contributed by atoms with Crippen molar-refractivity contribution in [2.24, 2.45) is 0 Å². The first-order valence-electron chi connectivity index (χ1n) is 4.29. The molecule has 4 heteroatoms. The quantitative estimate of drug-likeness (QED) is 0.805. The van der Waals surface area contributed by atoms with E-state index in [2.05, 4.69) is 32.0 Å². The lowest BCUT2D eigenvalue weighted by Gasteiger charge is -2.19. The molecule has 0 spiro atoms. The third kappa shape index (κ3) is 2.77. The maximum atomic E-state index is 11.2. The molecule has 0 fully saturated rings. The van der Waals surface area contributed by atoms with Gasteiger partial charge in [-0.15, -0.1) is 0 Å². The van der Waals surface area contributed by atoms with Crippen molar-refractivity contribution in [3.8, 4) is 0 Å². The van der Waals surface area contributed by atoms with Crippen LogP contribution in [0.4, 0.5) is 0 Å². The zero-order valence-electron chi connectivity index (χ0n) is 8.48. The highest BCUT2D eigenvalue weighted by Gasteiger charge is 2.15. The summed E-state index contributed by atoms with van der Waals surface area (Å²) < 4.78 is 20.5. The molecule has 0 heterocycles. The zero-order chi connectivity index (χ0) is 11.0. The van der Waals surface area contributed by atoms with Gasteiger partial charge in [0.2, 0.25) is 0 Å². The summed E-state index contributed by atoms with van der Waals surface area (Å²) >= 11 is 4.52. The fraction of sp³-hybridized carbons (Fsp3) is 0.400. The highest BCUT2D eigenvalue weighted by Crippen LogP contribution is 2.24. The summed E-state index contributed by atoms with van der Waals surface area (Å²) in [7, 11) is -3.25. The van der Waals surface area contributed by atoms with Gasteiger partial charge in [0, 0.05) is 11.2 Å². The molecule has 0 radical (unpaired) electrons. The van der Waals surface area contributed by atoms with E-state index in [4.69, 9.17) is 0 Å². The van der Waals surface area contributed by atoms with Crippen molar-refractivity contribution < 1.29 is 8.76 Å². The highest BCUT2D eigenvalue weighted by molar-refractivity contribution is 8.29. The molecule has 0 saturated carbocycles. The molecule has 14 heavy (non-hydrogen) atoms. The average Bonchev–Trinajstić information content (AvgIpc) is 2.01. The molecular weight excluding hydrogens is 216 g/mol. The summed E-state index contributed by atoms with van der Waals surface area (Å²) in [5.74, 6) is 0. The van der Waals surface area contributed by atoms with Crippen LogP contribution in [0, 0.1) is 0 Å². The Morgan fingerprint density at radius 1 is 1.36 bits per heavy atom. The van der Waals surface area contributed by atoms with Crippen LogP contribution in [0.15, 0.2) is 29.2 Å². The topological polar surface area (TPSA) is 37.3 Å². The van der Waals surface area contributed by atoms with E-state index in [0.29, 0.717) is 4.90 Å². The van der Waals surface area contributed by atoms with Crippen LogP contribution in [0.25, 0.3) is 0 Å². The molecule has 78 valence electrons. The molecule has 0 bridgehead atoms. The Kier molecular flexibility index (Phi) is 2.99. The fourth-order valence-corrected chi connectivity index (χ4v) is 1.96. The van der Waals surface area contributed by atoms with Crippen LogP contribution in [-0.2, 0) is 25.4 Å². The number of rotatable bonds is 1. The Hall–Kier alpha value is -0.450. The smallest absolute Gasteiger partial charge is 0.171 e. The van der Waals surface area contributed by atoms with Crippen molar-refractivity contribution in [2.75, 3.05) is 0 Å². The second-order valence-electron chi connectivity index (χ2n) is 4.25. The maximum absolute atomic E-state index is 11.2. The van der Waals surface area contributed by atoms with Gasteiger partial charge in [0.25, 0.3) is 0 Å². The minimum atomic E-state index is -3.25. The van der Waals surface area contributed by atoms with Crippen LogP contribution in [-0.4, -0.2) is 8.76 Å². The van der Waals surface area contributed by atoms with E-state index in [0.717, 1.165) is 5.56 Å². The molecule has 0 aliphatic carbocycles. The van der Waals surface area contributed by atoms with E-state index >= 15 is 0 Å². The van der Waals surface area contributed by atoms with Gasteiger partial charge in [0.05, 0.1) is 4.90 Å². The van der Waals surface area contributed by atoms with Crippen molar-refractivity contribution in [1.29, 1.82) is 0 Å². The minimum Gasteiger partial charge on any atom is -0.302 e. The van der Waals surface area contributed by atoms with Gasteiger partial charge in [-0.05, 0) is 23.1 Å². The lowest BCUT2D eigenvalue weighted by molar-refractivity contribution is 0.559.